The Balaban J connectivity index is 1.80. The van der Waals surface area contributed by atoms with Crippen LogP contribution in [0.5, 0.6) is 0 Å². The summed E-state index contributed by atoms with van der Waals surface area (Å²) < 4.78 is 0. The number of carbonyl (C=O) groups is 1. The molecule has 1 aromatic rings. The number of pyridine rings is 1. The van der Waals surface area contributed by atoms with Crippen LogP contribution in [0, 0.1) is 11.8 Å². The first-order chi connectivity index (χ1) is 8.27. The molecule has 1 atom stereocenters. The van der Waals surface area contributed by atoms with Crippen LogP contribution in [0.3, 0.4) is 0 Å². The van der Waals surface area contributed by atoms with Crippen LogP contribution in [-0.2, 0) is 11.3 Å². The van der Waals surface area contributed by atoms with Gasteiger partial charge in [-0.05, 0) is 30.4 Å². The summed E-state index contributed by atoms with van der Waals surface area (Å²) in [5.74, 6) is 0.916. The zero-order valence-electron chi connectivity index (χ0n) is 10.4. The number of aromatic nitrogens is 1. The van der Waals surface area contributed by atoms with Crippen molar-refractivity contribution in [3.05, 3.63) is 30.1 Å². The van der Waals surface area contributed by atoms with Crippen LogP contribution in [0.1, 0.15) is 38.2 Å². The van der Waals surface area contributed by atoms with Gasteiger partial charge in [0.15, 0.2) is 0 Å². The van der Waals surface area contributed by atoms with Gasteiger partial charge >= 0.3 is 0 Å². The average molecular weight is 232 g/mol. The maximum Gasteiger partial charge on any atom is 0.223 e. The number of hydrogen-bond acceptors (Lipinski definition) is 2. The van der Waals surface area contributed by atoms with Crippen molar-refractivity contribution in [2.75, 3.05) is 0 Å². The van der Waals surface area contributed by atoms with Gasteiger partial charge in [0.25, 0.3) is 0 Å². The molecular weight excluding hydrogens is 212 g/mol. The Morgan fingerprint density at radius 2 is 2.29 bits per heavy atom. The van der Waals surface area contributed by atoms with Gasteiger partial charge in [0, 0.05) is 24.9 Å². The van der Waals surface area contributed by atoms with Gasteiger partial charge in [0.2, 0.25) is 5.91 Å². The molecule has 1 unspecified atom stereocenters. The molecule has 1 saturated carbocycles. The molecule has 0 bridgehead atoms. The second kappa shape index (κ2) is 5.80. The number of nitrogens with zero attached hydrogens (tertiary/aromatic N) is 1. The largest absolute Gasteiger partial charge is 0.352 e. The molecular formula is C14H20N2O. The zero-order valence-corrected chi connectivity index (χ0v) is 10.4. The quantitative estimate of drug-likeness (QED) is 0.866. The van der Waals surface area contributed by atoms with Gasteiger partial charge in [-0.25, -0.2) is 0 Å². The minimum Gasteiger partial charge on any atom is -0.352 e. The SMILES string of the molecule is CC(C(=O)NCc1cccnc1)C1CCCC1. The van der Waals surface area contributed by atoms with Crippen molar-refractivity contribution in [1.82, 2.24) is 10.3 Å². The highest BCUT2D eigenvalue weighted by atomic mass is 16.1. The summed E-state index contributed by atoms with van der Waals surface area (Å²) in [4.78, 5) is 16.0. The minimum absolute atomic E-state index is 0.147. The standard InChI is InChI=1S/C14H20N2O/c1-11(13-6-2-3-7-13)14(17)16-10-12-5-4-8-15-9-12/h4-5,8-9,11,13H,2-3,6-7,10H2,1H3,(H,16,17). The van der Waals surface area contributed by atoms with Gasteiger partial charge in [-0.1, -0.05) is 25.8 Å². The molecule has 1 aromatic heterocycles. The molecule has 3 heteroatoms. The molecule has 1 N–H and O–H groups in total. The molecule has 0 saturated heterocycles. The van der Waals surface area contributed by atoms with E-state index in [1.54, 1.807) is 12.4 Å². The van der Waals surface area contributed by atoms with Gasteiger partial charge in [-0.15, -0.1) is 0 Å². The van der Waals surface area contributed by atoms with E-state index in [1.807, 2.05) is 12.1 Å². The normalized spacial score (nSPS) is 17.9. The van der Waals surface area contributed by atoms with Crippen LogP contribution in [0.25, 0.3) is 0 Å². The van der Waals surface area contributed by atoms with Gasteiger partial charge < -0.3 is 5.32 Å². The van der Waals surface area contributed by atoms with Crippen molar-refractivity contribution < 1.29 is 4.79 Å². The summed E-state index contributed by atoms with van der Waals surface area (Å²) in [6.07, 6.45) is 8.52. The van der Waals surface area contributed by atoms with Crippen molar-refractivity contribution in [3.8, 4) is 0 Å². The lowest BCUT2D eigenvalue weighted by molar-refractivity contribution is -0.126. The van der Waals surface area contributed by atoms with Gasteiger partial charge in [-0.2, -0.15) is 0 Å². The number of hydrogen-bond donors (Lipinski definition) is 1. The fraction of sp³-hybridized carbons (Fsp3) is 0.571. The Bertz CT molecular complexity index is 358. The maximum absolute atomic E-state index is 12.0. The Hall–Kier alpha value is -1.38. The number of rotatable bonds is 4. The van der Waals surface area contributed by atoms with E-state index in [2.05, 4.69) is 17.2 Å². The predicted octanol–water partition coefficient (Wildman–Crippen LogP) is 2.52. The molecule has 1 aliphatic carbocycles. The molecule has 0 spiro atoms. The monoisotopic (exact) mass is 232 g/mol. The summed E-state index contributed by atoms with van der Waals surface area (Å²) in [6, 6.07) is 3.87. The van der Waals surface area contributed by atoms with E-state index in [0.717, 1.165) is 5.56 Å². The van der Waals surface area contributed by atoms with Crippen molar-refractivity contribution in [2.24, 2.45) is 11.8 Å². The smallest absolute Gasteiger partial charge is 0.223 e. The van der Waals surface area contributed by atoms with Crippen LogP contribution in [-0.4, -0.2) is 10.9 Å². The Morgan fingerprint density at radius 3 is 2.94 bits per heavy atom. The molecule has 0 aromatic carbocycles. The highest BCUT2D eigenvalue weighted by Gasteiger charge is 2.26. The minimum atomic E-state index is 0.147. The molecule has 92 valence electrons. The van der Waals surface area contributed by atoms with Crippen molar-refractivity contribution >= 4 is 5.91 Å². The van der Waals surface area contributed by atoms with Gasteiger partial charge in [0.1, 0.15) is 0 Å². The third-order valence-electron chi connectivity index (χ3n) is 3.71. The zero-order chi connectivity index (χ0) is 12.1. The second-order valence-corrected chi connectivity index (χ2v) is 4.91. The van der Waals surface area contributed by atoms with E-state index < -0.39 is 0 Å². The molecule has 1 aliphatic rings. The third-order valence-corrected chi connectivity index (χ3v) is 3.71. The summed E-state index contributed by atoms with van der Waals surface area (Å²) in [5, 5.41) is 3.00. The molecule has 0 radical (unpaired) electrons. The Labute approximate surface area is 103 Å². The fourth-order valence-corrected chi connectivity index (χ4v) is 2.52. The van der Waals surface area contributed by atoms with E-state index in [0.29, 0.717) is 12.5 Å². The lowest BCUT2D eigenvalue weighted by atomic mass is 9.92. The summed E-state index contributed by atoms with van der Waals surface area (Å²) >= 11 is 0. The molecule has 17 heavy (non-hydrogen) atoms. The molecule has 3 nitrogen and oxygen atoms in total. The van der Waals surface area contributed by atoms with Crippen LogP contribution in [0.4, 0.5) is 0 Å². The summed E-state index contributed by atoms with van der Waals surface area (Å²) in [7, 11) is 0. The third kappa shape index (κ3) is 3.29. The lowest BCUT2D eigenvalue weighted by Gasteiger charge is -2.18. The summed E-state index contributed by atoms with van der Waals surface area (Å²) in [5.41, 5.74) is 1.06. The van der Waals surface area contributed by atoms with Crippen LogP contribution in [0.15, 0.2) is 24.5 Å². The Kier molecular flexibility index (Phi) is 4.13. The topological polar surface area (TPSA) is 42.0 Å². The second-order valence-electron chi connectivity index (χ2n) is 4.91. The Morgan fingerprint density at radius 1 is 1.53 bits per heavy atom. The number of amides is 1. The fourth-order valence-electron chi connectivity index (χ4n) is 2.52. The first-order valence-electron chi connectivity index (χ1n) is 6.44. The van der Waals surface area contributed by atoms with Crippen LogP contribution < -0.4 is 5.32 Å². The molecule has 1 fully saturated rings. The highest BCUT2D eigenvalue weighted by Crippen LogP contribution is 2.31. The summed E-state index contributed by atoms with van der Waals surface area (Å²) in [6.45, 7) is 2.64. The van der Waals surface area contributed by atoms with E-state index >= 15 is 0 Å². The molecule has 2 rings (SSSR count). The van der Waals surface area contributed by atoms with E-state index in [-0.39, 0.29) is 11.8 Å². The number of carbonyl (C=O) groups excluding carboxylic acids is 1. The van der Waals surface area contributed by atoms with Gasteiger partial charge in [-0.3, -0.25) is 9.78 Å². The van der Waals surface area contributed by atoms with Crippen molar-refractivity contribution in [1.29, 1.82) is 0 Å². The van der Waals surface area contributed by atoms with E-state index in [4.69, 9.17) is 0 Å². The average Bonchev–Trinajstić information content (AvgIpc) is 2.90. The van der Waals surface area contributed by atoms with Crippen molar-refractivity contribution in [3.63, 3.8) is 0 Å². The van der Waals surface area contributed by atoms with Gasteiger partial charge in [0.05, 0.1) is 0 Å². The maximum atomic E-state index is 12.0. The van der Waals surface area contributed by atoms with E-state index in [9.17, 15) is 4.79 Å². The van der Waals surface area contributed by atoms with E-state index in [1.165, 1.54) is 25.7 Å². The highest BCUT2D eigenvalue weighted by molar-refractivity contribution is 5.78. The molecule has 0 aliphatic heterocycles. The molecule has 1 heterocycles. The first kappa shape index (κ1) is 12.1. The van der Waals surface area contributed by atoms with Crippen molar-refractivity contribution in [2.45, 2.75) is 39.2 Å². The molecule has 1 amide bonds. The predicted molar refractivity (Wildman–Crippen MR) is 67.2 cm³/mol. The van der Waals surface area contributed by atoms with Crippen LogP contribution in [0.2, 0.25) is 0 Å². The number of nitrogens with one attached hydrogen (secondary N) is 1. The lowest BCUT2D eigenvalue weighted by Crippen LogP contribution is -2.32. The first-order valence-corrected chi connectivity index (χ1v) is 6.44. The van der Waals surface area contributed by atoms with Crippen LogP contribution >= 0.6 is 0 Å².